The van der Waals surface area contributed by atoms with Gasteiger partial charge in [0.15, 0.2) is 0 Å². The van der Waals surface area contributed by atoms with Crippen molar-refractivity contribution in [3.63, 3.8) is 0 Å². The molecule has 0 spiro atoms. The first-order valence-corrected chi connectivity index (χ1v) is 25.0. The summed E-state index contributed by atoms with van der Waals surface area (Å²) in [6.07, 6.45) is -1.22. The Balaban J connectivity index is 1.69. The smallest absolute Gasteiger partial charge is 0.333 e. The quantitative estimate of drug-likeness (QED) is 0.0436. The predicted octanol–water partition coefficient (Wildman–Crippen LogP) is 0.117. The average Bonchev–Trinajstić information content (AvgIpc) is 3.97. The van der Waals surface area contributed by atoms with Crippen LogP contribution >= 0.6 is 0 Å². The van der Waals surface area contributed by atoms with Crippen LogP contribution < -0.4 is 37.6 Å². The Hall–Kier alpha value is -8.62. The fourth-order valence-corrected chi connectivity index (χ4v) is 8.37. The van der Waals surface area contributed by atoms with Crippen molar-refractivity contribution in [3.8, 4) is 11.1 Å². The fraction of sp³-hybridized carbons (Fsp3) is 0.462. The average molecular weight is 1110 g/mol. The number of imide groups is 1. The van der Waals surface area contributed by atoms with Crippen molar-refractivity contribution in [2.45, 2.75) is 129 Å². The van der Waals surface area contributed by atoms with E-state index >= 15 is 4.39 Å². The number of rotatable bonds is 28. The Bertz CT molecular complexity index is 2770. The Morgan fingerprint density at radius 3 is 1.97 bits per heavy atom. The van der Waals surface area contributed by atoms with Gasteiger partial charge in [-0.15, -0.1) is 5.06 Å². The van der Waals surface area contributed by atoms with Crippen molar-refractivity contribution in [1.29, 1.82) is 0 Å². The SMILES string of the molecule is CC(=O)N[C@H](C)C(=O)N[C@H](C)C(=O)N[C@@H](CC(N)=O)C(=O)N[C@@H](CCN(C(=O)CO)[C@@H](c1cc(-c2cc(F)ccc2F)cn1Cc1ccccc1)C(C)(C)C)C(=O)N[C@H](CNC(=O)CCCC(=O)ON1C(=O)CCC1=O)C(=O)O. The van der Waals surface area contributed by atoms with Crippen LogP contribution in [0.4, 0.5) is 8.78 Å². The number of nitrogens with two attached hydrogens (primary N) is 1. The van der Waals surface area contributed by atoms with E-state index in [1.807, 2.05) is 0 Å². The normalized spacial score (nSPS) is 14.6. The molecule has 25 nitrogen and oxygen atoms in total. The van der Waals surface area contributed by atoms with Crippen molar-refractivity contribution in [1.82, 2.24) is 46.4 Å². The van der Waals surface area contributed by atoms with Gasteiger partial charge in [0.2, 0.25) is 47.3 Å². The van der Waals surface area contributed by atoms with Gasteiger partial charge in [-0.25, -0.2) is 18.4 Å². The molecule has 1 saturated heterocycles. The van der Waals surface area contributed by atoms with Crippen LogP contribution in [-0.2, 0) is 68.9 Å². The van der Waals surface area contributed by atoms with E-state index in [1.165, 1.54) is 24.8 Å². The number of aromatic nitrogens is 1. The molecule has 2 heterocycles. The van der Waals surface area contributed by atoms with Gasteiger partial charge in [0.1, 0.15) is 48.5 Å². The summed E-state index contributed by atoms with van der Waals surface area (Å²) < 4.78 is 31.7. The van der Waals surface area contributed by atoms with E-state index in [2.05, 4.69) is 31.9 Å². The molecule has 10 N–H and O–H groups in total. The molecule has 6 atom stereocenters. The lowest BCUT2D eigenvalue weighted by Crippen LogP contribution is -2.60. The molecule has 0 unspecified atom stereocenters. The number of nitrogens with one attached hydrogen (secondary N) is 6. The Morgan fingerprint density at radius 1 is 0.785 bits per heavy atom. The molecule has 0 bridgehead atoms. The zero-order chi connectivity index (χ0) is 58.9. The highest BCUT2D eigenvalue weighted by Gasteiger charge is 2.39. The van der Waals surface area contributed by atoms with Crippen LogP contribution in [0.3, 0.4) is 0 Å². The second kappa shape index (κ2) is 28.7. The van der Waals surface area contributed by atoms with Crippen LogP contribution in [0.1, 0.15) is 104 Å². The lowest BCUT2D eigenvalue weighted by molar-refractivity contribution is -0.197. The minimum absolute atomic E-state index is 0.117. The van der Waals surface area contributed by atoms with Gasteiger partial charge >= 0.3 is 11.9 Å². The van der Waals surface area contributed by atoms with Crippen molar-refractivity contribution < 1.29 is 81.4 Å². The number of aliphatic hydroxyl groups excluding tert-OH is 1. The molecule has 79 heavy (non-hydrogen) atoms. The third kappa shape index (κ3) is 18.8. The maximum atomic E-state index is 15.4. The Kier molecular flexibility index (Phi) is 22.8. The number of halogens is 2. The standard InChI is InChI=1S/C52H66F2N10O15/c1-28(57-30(3)66)47(73)58-29(2)48(74)60-37(23-40(55)67)50(76)59-36(49(75)61-38(51(77)78)24-56-41(68)13-10-14-45(72)79-64-42(69)17-18-43(64)70)19-20-63(44(71)27-65)46(52(4,5)6)39-21-32(34-22-33(53)15-16-35(34)54)26-62(39)25-31-11-8-7-9-12-31/h7-9,11-12,15-16,21-22,26,28-29,36-38,46,65H,10,13-14,17-20,23-25,27H2,1-6H3,(H2,55,67)(H,56,68)(H,57,66)(H,58,73)(H,59,76)(H,60,74)(H,61,75)(H,77,78)/t28-,29-,36+,37+,38-,46+/m1/s1. The van der Waals surface area contributed by atoms with Gasteiger partial charge in [-0.3, -0.25) is 47.9 Å². The van der Waals surface area contributed by atoms with Gasteiger partial charge in [0.25, 0.3) is 11.8 Å². The number of aliphatic hydroxyl groups is 1. The van der Waals surface area contributed by atoms with Crippen molar-refractivity contribution in [3.05, 3.63) is 83.7 Å². The highest BCUT2D eigenvalue weighted by atomic mass is 19.1. The topological polar surface area (TPSA) is 364 Å². The van der Waals surface area contributed by atoms with E-state index in [1.54, 1.807) is 61.9 Å². The maximum absolute atomic E-state index is 15.4. The van der Waals surface area contributed by atoms with Gasteiger partial charge in [-0.2, -0.15) is 0 Å². The molecular formula is C52H66F2N10O15. The molecule has 10 amide bonds. The first-order chi connectivity index (χ1) is 37.1. The highest BCUT2D eigenvalue weighted by Crippen LogP contribution is 2.41. The van der Waals surface area contributed by atoms with E-state index in [0.29, 0.717) is 10.8 Å². The number of hydrogen-bond donors (Lipinski definition) is 9. The number of benzene rings is 2. The summed E-state index contributed by atoms with van der Waals surface area (Å²) in [6, 6.07) is 4.13. The first-order valence-electron chi connectivity index (χ1n) is 25.0. The molecule has 1 aliphatic rings. The lowest BCUT2D eigenvalue weighted by atomic mass is 9.82. The van der Waals surface area contributed by atoms with E-state index < -0.39 is 170 Å². The molecule has 3 aromatic rings. The first kappa shape index (κ1) is 62.9. The summed E-state index contributed by atoms with van der Waals surface area (Å²) in [5.74, 6) is -13.4. The minimum Gasteiger partial charge on any atom is -0.480 e. The number of hydroxylamine groups is 2. The van der Waals surface area contributed by atoms with Gasteiger partial charge in [-0.1, -0.05) is 51.1 Å². The molecular weight excluding hydrogens is 1040 g/mol. The van der Waals surface area contributed by atoms with E-state index in [0.717, 1.165) is 30.7 Å². The van der Waals surface area contributed by atoms with Crippen LogP contribution in [0.5, 0.6) is 0 Å². The fourth-order valence-electron chi connectivity index (χ4n) is 8.37. The summed E-state index contributed by atoms with van der Waals surface area (Å²) in [4.78, 5) is 160. The number of primary amides is 1. The Morgan fingerprint density at radius 2 is 1.38 bits per heavy atom. The molecule has 1 fully saturated rings. The van der Waals surface area contributed by atoms with Crippen LogP contribution in [0.15, 0.2) is 60.8 Å². The van der Waals surface area contributed by atoms with E-state index in [4.69, 9.17) is 10.6 Å². The predicted molar refractivity (Wildman–Crippen MR) is 273 cm³/mol. The molecule has 1 aromatic heterocycles. The van der Waals surface area contributed by atoms with E-state index in [-0.39, 0.29) is 36.9 Å². The molecule has 27 heteroatoms. The molecule has 0 aliphatic carbocycles. The number of carboxylic acid groups (broad SMARTS) is 1. The molecule has 1 aliphatic heterocycles. The van der Waals surface area contributed by atoms with Crippen LogP contribution in [0.2, 0.25) is 0 Å². The third-order valence-electron chi connectivity index (χ3n) is 12.2. The number of carbonyl (C=O) groups is 12. The molecule has 4 rings (SSSR count). The largest absolute Gasteiger partial charge is 0.480 e. The zero-order valence-electron chi connectivity index (χ0n) is 44.4. The number of hydrogen-bond acceptors (Lipinski definition) is 14. The van der Waals surface area contributed by atoms with Crippen molar-refractivity contribution in [2.75, 3.05) is 19.7 Å². The molecule has 0 saturated carbocycles. The summed E-state index contributed by atoms with van der Waals surface area (Å²) >= 11 is 0. The van der Waals surface area contributed by atoms with Gasteiger partial charge < -0.3 is 62.2 Å². The summed E-state index contributed by atoms with van der Waals surface area (Å²) in [7, 11) is 0. The summed E-state index contributed by atoms with van der Waals surface area (Å²) in [5, 5.41) is 34.9. The van der Waals surface area contributed by atoms with Gasteiger partial charge in [0.05, 0.1) is 12.5 Å². The number of aliphatic carboxylic acids is 1. The third-order valence-corrected chi connectivity index (χ3v) is 12.2. The lowest BCUT2D eigenvalue weighted by Gasteiger charge is -2.41. The van der Waals surface area contributed by atoms with Crippen molar-refractivity contribution in [2.24, 2.45) is 11.1 Å². The number of carboxylic acids is 1. The zero-order valence-corrected chi connectivity index (χ0v) is 44.4. The van der Waals surface area contributed by atoms with Crippen LogP contribution in [0.25, 0.3) is 11.1 Å². The summed E-state index contributed by atoms with van der Waals surface area (Å²) in [5.41, 5.74) is 5.66. The maximum Gasteiger partial charge on any atom is 0.333 e. The second-order valence-corrected chi connectivity index (χ2v) is 19.7. The monoisotopic (exact) mass is 1110 g/mol. The molecule has 428 valence electrons. The van der Waals surface area contributed by atoms with Crippen molar-refractivity contribution >= 4 is 71.0 Å². The van der Waals surface area contributed by atoms with Crippen LogP contribution in [-0.4, -0.2) is 146 Å². The number of amides is 10. The van der Waals surface area contributed by atoms with Gasteiger partial charge in [0, 0.05) is 75.3 Å². The molecule has 2 aromatic carbocycles. The Labute approximate surface area is 452 Å². The minimum atomic E-state index is -1.93. The number of nitrogens with zero attached hydrogens (tertiary/aromatic N) is 3. The van der Waals surface area contributed by atoms with Gasteiger partial charge in [-0.05, 0) is 61.9 Å². The molecule has 0 radical (unpaired) electrons. The second-order valence-electron chi connectivity index (χ2n) is 19.7. The van der Waals surface area contributed by atoms with Crippen LogP contribution in [0, 0.1) is 17.0 Å². The van der Waals surface area contributed by atoms with E-state index in [9.17, 15) is 72.1 Å². The summed E-state index contributed by atoms with van der Waals surface area (Å²) in [6.45, 7) is 6.64. The number of carbonyl (C=O) groups excluding carboxylic acids is 11. The highest BCUT2D eigenvalue weighted by molar-refractivity contribution is 6.02.